The molecule has 0 heterocycles. The number of rotatable bonds is 8. The third kappa shape index (κ3) is 6.66. The van der Waals surface area contributed by atoms with Gasteiger partial charge in [-0.3, -0.25) is 0 Å². The van der Waals surface area contributed by atoms with Crippen molar-refractivity contribution < 1.29 is 0 Å². The zero-order valence-electron chi connectivity index (χ0n) is 31.5. The Morgan fingerprint density at radius 1 is 0.211 bits per heavy atom. The number of hydrogen-bond donors (Lipinski definition) is 0. The molecule has 0 fully saturated rings. The van der Waals surface area contributed by atoms with Gasteiger partial charge in [-0.1, -0.05) is 194 Å². The number of anilines is 3. The molecule has 0 aromatic heterocycles. The summed E-state index contributed by atoms with van der Waals surface area (Å²) in [6.45, 7) is 0. The molecule has 1 nitrogen and oxygen atoms in total. The van der Waals surface area contributed by atoms with Crippen molar-refractivity contribution in [2.75, 3.05) is 4.90 Å². The van der Waals surface area contributed by atoms with E-state index in [0.717, 1.165) is 17.1 Å². The molecule has 10 rings (SSSR count). The van der Waals surface area contributed by atoms with E-state index < -0.39 is 0 Å². The van der Waals surface area contributed by atoms with Crippen LogP contribution in [0.4, 0.5) is 17.1 Å². The first-order chi connectivity index (χ1) is 28.3. The zero-order valence-corrected chi connectivity index (χ0v) is 31.5. The fraction of sp³-hybridized carbons (Fsp3) is 0. The summed E-state index contributed by atoms with van der Waals surface area (Å²) < 4.78 is 0. The SMILES string of the molecule is c1ccc(-c2ccc(-c3ccccc3)c(-c3ccc(N(c4ccc(-c5cccc6ccccc56)cc4)c4ccc(-c5cccc6ccccc56)cc4)cc3)c2)cc1. The molecule has 0 aliphatic carbocycles. The van der Waals surface area contributed by atoms with Crippen LogP contribution < -0.4 is 4.90 Å². The average molecular weight is 726 g/mol. The van der Waals surface area contributed by atoms with Gasteiger partial charge in [-0.2, -0.15) is 0 Å². The third-order valence-electron chi connectivity index (χ3n) is 11.1. The maximum absolute atomic E-state index is 2.36. The predicted octanol–water partition coefficient (Wildman–Crippen LogP) is 15.8. The van der Waals surface area contributed by atoms with Crippen molar-refractivity contribution in [3.05, 3.63) is 237 Å². The van der Waals surface area contributed by atoms with Gasteiger partial charge in [-0.15, -0.1) is 0 Å². The lowest BCUT2D eigenvalue weighted by molar-refractivity contribution is 1.28. The molecule has 57 heavy (non-hydrogen) atoms. The van der Waals surface area contributed by atoms with Gasteiger partial charge < -0.3 is 4.90 Å². The van der Waals surface area contributed by atoms with Crippen molar-refractivity contribution in [2.45, 2.75) is 0 Å². The summed E-state index contributed by atoms with van der Waals surface area (Å²) in [6.07, 6.45) is 0. The normalized spacial score (nSPS) is 11.2. The topological polar surface area (TPSA) is 3.24 Å². The summed E-state index contributed by atoms with van der Waals surface area (Å²) in [6, 6.07) is 85.6. The number of nitrogens with zero attached hydrogens (tertiary/aromatic N) is 1. The largest absolute Gasteiger partial charge is 0.311 e. The lowest BCUT2D eigenvalue weighted by Crippen LogP contribution is -2.09. The van der Waals surface area contributed by atoms with Crippen LogP contribution in [0, 0.1) is 0 Å². The van der Waals surface area contributed by atoms with Crippen molar-refractivity contribution >= 4 is 38.6 Å². The lowest BCUT2D eigenvalue weighted by Gasteiger charge is -2.26. The maximum atomic E-state index is 2.36. The van der Waals surface area contributed by atoms with Crippen LogP contribution in [0.1, 0.15) is 0 Å². The molecule has 0 aliphatic rings. The van der Waals surface area contributed by atoms with Crippen molar-refractivity contribution in [1.82, 2.24) is 0 Å². The van der Waals surface area contributed by atoms with Gasteiger partial charge in [-0.25, -0.2) is 0 Å². The molecule has 0 saturated heterocycles. The van der Waals surface area contributed by atoms with Gasteiger partial charge in [0, 0.05) is 17.1 Å². The van der Waals surface area contributed by atoms with Crippen LogP contribution in [0.15, 0.2) is 237 Å². The first kappa shape index (κ1) is 34.0. The summed E-state index contributed by atoms with van der Waals surface area (Å²) in [4.78, 5) is 2.36. The van der Waals surface area contributed by atoms with Gasteiger partial charge in [0.2, 0.25) is 0 Å². The highest BCUT2D eigenvalue weighted by Gasteiger charge is 2.16. The molecule has 10 aromatic carbocycles. The molecular formula is C56H39N. The Hall–Kier alpha value is -7.48. The first-order valence-electron chi connectivity index (χ1n) is 19.6. The summed E-state index contributed by atoms with van der Waals surface area (Å²) in [5.41, 5.74) is 15.4. The molecule has 0 atom stereocenters. The monoisotopic (exact) mass is 725 g/mol. The maximum Gasteiger partial charge on any atom is 0.0462 e. The van der Waals surface area contributed by atoms with Crippen LogP contribution in [-0.2, 0) is 0 Å². The van der Waals surface area contributed by atoms with Gasteiger partial charge in [0.15, 0.2) is 0 Å². The molecule has 0 radical (unpaired) electrons. The Kier molecular flexibility index (Phi) is 8.95. The third-order valence-corrected chi connectivity index (χ3v) is 11.1. The quantitative estimate of drug-likeness (QED) is 0.151. The first-order valence-corrected chi connectivity index (χ1v) is 19.6. The molecule has 0 bridgehead atoms. The van der Waals surface area contributed by atoms with E-state index in [1.807, 2.05) is 0 Å². The molecule has 0 amide bonds. The van der Waals surface area contributed by atoms with E-state index >= 15 is 0 Å². The van der Waals surface area contributed by atoms with E-state index in [4.69, 9.17) is 0 Å². The zero-order chi connectivity index (χ0) is 38.0. The number of benzene rings is 10. The van der Waals surface area contributed by atoms with Crippen LogP contribution in [0.25, 0.3) is 77.2 Å². The highest BCUT2D eigenvalue weighted by atomic mass is 15.1. The van der Waals surface area contributed by atoms with E-state index in [-0.39, 0.29) is 0 Å². The predicted molar refractivity (Wildman–Crippen MR) is 243 cm³/mol. The van der Waals surface area contributed by atoms with Crippen molar-refractivity contribution in [3.8, 4) is 55.6 Å². The molecule has 0 spiro atoms. The van der Waals surface area contributed by atoms with Gasteiger partial charge in [0.1, 0.15) is 0 Å². The Morgan fingerprint density at radius 2 is 0.579 bits per heavy atom. The molecule has 268 valence electrons. The minimum atomic E-state index is 1.09. The second-order valence-electron chi connectivity index (χ2n) is 14.5. The second kappa shape index (κ2) is 15.0. The van der Waals surface area contributed by atoms with Crippen LogP contribution in [-0.4, -0.2) is 0 Å². The highest BCUT2D eigenvalue weighted by molar-refractivity contribution is 5.98. The summed E-state index contributed by atoms with van der Waals surface area (Å²) in [5, 5.41) is 5.01. The average Bonchev–Trinajstić information content (AvgIpc) is 3.30. The van der Waals surface area contributed by atoms with E-state index in [2.05, 4.69) is 241 Å². The second-order valence-corrected chi connectivity index (χ2v) is 14.5. The van der Waals surface area contributed by atoms with E-state index in [1.54, 1.807) is 0 Å². The van der Waals surface area contributed by atoms with Crippen LogP contribution in [0.5, 0.6) is 0 Å². The Bertz CT molecular complexity index is 2830. The molecule has 0 saturated carbocycles. The van der Waals surface area contributed by atoms with Gasteiger partial charge in [0.25, 0.3) is 0 Å². The Labute approximate surface area is 334 Å². The summed E-state index contributed by atoms with van der Waals surface area (Å²) in [5.74, 6) is 0. The minimum Gasteiger partial charge on any atom is -0.311 e. The molecule has 0 N–H and O–H groups in total. The van der Waals surface area contributed by atoms with Crippen molar-refractivity contribution in [1.29, 1.82) is 0 Å². The Morgan fingerprint density at radius 3 is 1.07 bits per heavy atom. The van der Waals surface area contributed by atoms with Crippen LogP contribution >= 0.6 is 0 Å². The fourth-order valence-electron chi connectivity index (χ4n) is 8.23. The molecule has 10 aromatic rings. The van der Waals surface area contributed by atoms with E-state index in [0.29, 0.717) is 0 Å². The number of hydrogen-bond acceptors (Lipinski definition) is 1. The fourth-order valence-corrected chi connectivity index (χ4v) is 8.23. The summed E-state index contributed by atoms with van der Waals surface area (Å²) in [7, 11) is 0. The van der Waals surface area contributed by atoms with Crippen molar-refractivity contribution in [3.63, 3.8) is 0 Å². The van der Waals surface area contributed by atoms with Crippen LogP contribution in [0.2, 0.25) is 0 Å². The molecule has 0 unspecified atom stereocenters. The molecule has 1 heteroatoms. The smallest absolute Gasteiger partial charge is 0.0462 e. The lowest BCUT2D eigenvalue weighted by atomic mass is 9.91. The minimum absolute atomic E-state index is 1.09. The Balaban J connectivity index is 1.07. The van der Waals surface area contributed by atoms with Gasteiger partial charge in [-0.05, 0) is 120 Å². The van der Waals surface area contributed by atoms with Gasteiger partial charge in [0.05, 0.1) is 0 Å². The highest BCUT2D eigenvalue weighted by Crippen LogP contribution is 2.41. The molecule has 0 aliphatic heterocycles. The molecular weight excluding hydrogens is 687 g/mol. The van der Waals surface area contributed by atoms with E-state index in [1.165, 1.54) is 77.2 Å². The van der Waals surface area contributed by atoms with E-state index in [9.17, 15) is 0 Å². The van der Waals surface area contributed by atoms with Crippen molar-refractivity contribution in [2.24, 2.45) is 0 Å². The van der Waals surface area contributed by atoms with Gasteiger partial charge >= 0.3 is 0 Å². The number of fused-ring (bicyclic) bond motifs is 2. The summed E-state index contributed by atoms with van der Waals surface area (Å²) >= 11 is 0. The van der Waals surface area contributed by atoms with Crippen LogP contribution in [0.3, 0.4) is 0 Å². The standard InChI is InChI=1S/C56H39N/c1-3-13-40(14-4-1)47-31-38-55(41-15-5-2-6-16-41)56(39-47)46-29-36-50(37-30-46)57(48-32-25-44(26-33-48)53-23-11-19-42-17-7-9-21-51(42)53)49-34-27-45(28-35-49)54-24-12-20-43-18-8-10-22-52(43)54/h1-39H.